The van der Waals surface area contributed by atoms with Crippen LogP contribution in [0.5, 0.6) is 0 Å². The van der Waals surface area contributed by atoms with E-state index in [2.05, 4.69) is 138 Å². The number of halogens is 1. The van der Waals surface area contributed by atoms with Gasteiger partial charge in [-0.25, -0.2) is 8.42 Å². The second-order valence-electron chi connectivity index (χ2n) is 13.9. The van der Waals surface area contributed by atoms with E-state index >= 15 is 0 Å². The Hall–Kier alpha value is -3.94. The molecule has 0 unspecified atom stereocenters. The van der Waals surface area contributed by atoms with Gasteiger partial charge in [-0.1, -0.05) is 201 Å². The van der Waals surface area contributed by atoms with Crippen LogP contribution in [0, 0.1) is 21.3 Å². The molecule has 8 heteroatoms. The molecule has 0 saturated heterocycles. The molecule has 0 aliphatic rings. The molecule has 6 rings (SSSR count). The third kappa shape index (κ3) is 15.7. The summed E-state index contributed by atoms with van der Waals surface area (Å²) in [4.78, 5) is 0.206. The Balaban J connectivity index is 0.000000319. The van der Waals surface area contributed by atoms with Gasteiger partial charge in [0.25, 0.3) is 0 Å². The summed E-state index contributed by atoms with van der Waals surface area (Å²) in [6.45, 7) is 10.7. The van der Waals surface area contributed by atoms with Gasteiger partial charge in [0.15, 0.2) is 0 Å². The van der Waals surface area contributed by atoms with Crippen molar-refractivity contribution in [2.24, 2.45) is 0 Å². The fraction of sp³-hybridized carbons (Fsp3) is 0.245. The Morgan fingerprint density at radius 3 is 1.23 bits per heavy atom. The number of nitrogens with one attached hydrogen (secondary N) is 2. The summed E-state index contributed by atoms with van der Waals surface area (Å²) in [5.74, 6) is 1.11. The summed E-state index contributed by atoms with van der Waals surface area (Å²) in [7, 11) is 4.61. The zero-order valence-electron chi connectivity index (χ0n) is 34.5. The molecule has 0 spiro atoms. The van der Waals surface area contributed by atoms with E-state index in [9.17, 15) is 8.42 Å². The standard InChI is InChI=1S/C22H23N2O2S.C16H19N.C10H14.CH3.ClH.Ru/c1-17-13-15-20(16-14-17)27(25,26)24-22(19-11-7-4-8-12-19)21(23-2)18-9-5-3-6-10-18;1-13(14-9-5-3-6-10-14)16(17-2)15-11-7-4-8-12-15;1-8(2)10-6-4-9(3)5-7-10;;;/h3-16,21-23H,1-2H3;3-13,16-17H,1-2H3;4-8H,1-3H3;1H3;1H;/q-1;;;-1;;+4/p-1/t21-,22-;13-,16+;;;;/m11..../s1. The molecule has 0 heterocycles. The third-order valence-corrected chi connectivity index (χ3v) is 10.9. The summed E-state index contributed by atoms with van der Waals surface area (Å²) in [6, 6.07) is 55.6. The van der Waals surface area contributed by atoms with Gasteiger partial charge >= 0.3 is 27.0 Å². The summed E-state index contributed by atoms with van der Waals surface area (Å²) >= 11 is 1.82. The summed E-state index contributed by atoms with van der Waals surface area (Å²) in [5, 5.41) is 6.66. The minimum atomic E-state index is -3.80. The van der Waals surface area contributed by atoms with Gasteiger partial charge in [0.05, 0.1) is 0 Å². The van der Waals surface area contributed by atoms with E-state index in [-0.39, 0.29) is 18.4 Å². The molecule has 57 heavy (non-hydrogen) atoms. The molecule has 0 aliphatic heterocycles. The van der Waals surface area contributed by atoms with E-state index < -0.39 is 16.1 Å². The normalized spacial score (nSPS) is 12.7. The average Bonchev–Trinajstić information content (AvgIpc) is 3.24. The van der Waals surface area contributed by atoms with E-state index in [1.165, 1.54) is 22.3 Å². The zero-order valence-corrected chi connectivity index (χ0v) is 37.8. The van der Waals surface area contributed by atoms with Gasteiger partial charge in [0.1, 0.15) is 10.0 Å². The van der Waals surface area contributed by atoms with Crippen molar-refractivity contribution in [1.82, 2.24) is 10.6 Å². The predicted octanol–water partition coefficient (Wildman–Crippen LogP) is 12.8. The van der Waals surface area contributed by atoms with Crippen LogP contribution < -0.4 is 10.6 Å². The topological polar surface area (TPSA) is 72.3 Å². The number of sulfonamides is 1. The van der Waals surface area contributed by atoms with Gasteiger partial charge in [0, 0.05) is 22.9 Å². The van der Waals surface area contributed by atoms with Crippen LogP contribution in [-0.2, 0) is 27.3 Å². The number of aryl methyl sites for hydroxylation is 2. The van der Waals surface area contributed by atoms with Crippen LogP contribution in [0.4, 0.5) is 0 Å². The van der Waals surface area contributed by atoms with Crippen LogP contribution in [-0.4, -0.2) is 22.5 Å². The van der Waals surface area contributed by atoms with Crippen LogP contribution >= 0.6 is 9.69 Å². The first-order valence-electron chi connectivity index (χ1n) is 18.8. The van der Waals surface area contributed by atoms with Crippen molar-refractivity contribution >= 4 is 19.7 Å². The minimum absolute atomic E-state index is 0. The SMILES string of the molecule is CN[C@H](c1ccccc1)[C@H](C)c1ccccc1.CN[C@H](c1ccccc1)[C@H]([N-]S(=O)(=O)c1ccc(C)cc1)c1ccccc1.Cc1ccc(C(C)C)cc1.[CH3-].[Cl][Ru+3]. The summed E-state index contributed by atoms with van der Waals surface area (Å²) < 4.78 is 30.3. The van der Waals surface area contributed by atoms with E-state index in [0.717, 1.165) is 16.7 Å². The molecule has 4 atom stereocenters. The number of likely N-dealkylation sites (N-methyl/N-ethyl adjacent to an activating group) is 2. The van der Waals surface area contributed by atoms with E-state index in [1.807, 2.05) is 99.0 Å². The molecule has 0 radical (unpaired) electrons. The second-order valence-corrected chi connectivity index (χ2v) is 15.5. The zero-order chi connectivity index (χ0) is 40.9. The van der Waals surface area contributed by atoms with E-state index in [1.54, 1.807) is 24.3 Å². The number of hydrogen-bond donors (Lipinski definition) is 2. The molecule has 0 saturated carbocycles. The molecule has 0 aliphatic carbocycles. The Kier molecular flexibility index (Phi) is 22.6. The second kappa shape index (κ2) is 26.1. The third-order valence-electron chi connectivity index (χ3n) is 9.54. The maximum absolute atomic E-state index is 13.0. The van der Waals surface area contributed by atoms with Crippen LogP contribution in [0.2, 0.25) is 0 Å². The summed E-state index contributed by atoms with van der Waals surface area (Å²) in [5.41, 5.74) is 8.30. The van der Waals surface area contributed by atoms with E-state index in [0.29, 0.717) is 17.9 Å². The quantitative estimate of drug-likeness (QED) is 0.0948. The first-order valence-corrected chi connectivity index (χ1v) is 22.5. The Labute approximate surface area is 358 Å². The van der Waals surface area contributed by atoms with Gasteiger partial charge in [-0.15, -0.1) is 0 Å². The Morgan fingerprint density at radius 1 is 0.491 bits per heavy atom. The first kappa shape index (κ1) is 49.2. The van der Waals surface area contributed by atoms with E-state index in [4.69, 9.17) is 0 Å². The van der Waals surface area contributed by atoms with Crippen molar-refractivity contribution in [3.63, 3.8) is 0 Å². The van der Waals surface area contributed by atoms with Crippen molar-refractivity contribution in [3.8, 4) is 0 Å². The molecule has 302 valence electrons. The molecular weight excluding hydrogens is 831 g/mol. The van der Waals surface area contributed by atoms with Crippen molar-refractivity contribution in [2.45, 2.75) is 69.5 Å². The average molecular weight is 891 g/mol. The van der Waals surface area contributed by atoms with Gasteiger partial charge in [0.2, 0.25) is 0 Å². The molecule has 0 fully saturated rings. The molecule has 6 aromatic rings. The molecular formula is C49H59ClN3O2RuS+. The van der Waals surface area contributed by atoms with Crippen LogP contribution in [0.3, 0.4) is 0 Å². The number of hydrogen-bond acceptors (Lipinski definition) is 4. The first-order chi connectivity index (χ1) is 27.0. The molecule has 5 nitrogen and oxygen atoms in total. The number of benzene rings is 6. The van der Waals surface area contributed by atoms with Crippen LogP contribution in [0.1, 0.15) is 89.7 Å². The fourth-order valence-electron chi connectivity index (χ4n) is 6.32. The monoisotopic (exact) mass is 890 g/mol. The summed E-state index contributed by atoms with van der Waals surface area (Å²) in [6.07, 6.45) is 0. The molecule has 0 aromatic heterocycles. The van der Waals surface area contributed by atoms with Crippen LogP contribution in [0.25, 0.3) is 4.72 Å². The van der Waals surface area contributed by atoms with Crippen LogP contribution in [0.15, 0.2) is 175 Å². The maximum atomic E-state index is 13.0. The molecule has 0 bridgehead atoms. The Morgan fingerprint density at radius 2 is 0.842 bits per heavy atom. The van der Waals surface area contributed by atoms with Crippen molar-refractivity contribution in [2.75, 3.05) is 14.1 Å². The molecule has 0 amide bonds. The Bertz CT molecular complexity index is 2040. The van der Waals surface area contributed by atoms with Crippen molar-refractivity contribution < 1.29 is 25.7 Å². The van der Waals surface area contributed by atoms with Gasteiger partial charge in [-0.3, -0.25) is 0 Å². The van der Waals surface area contributed by atoms with Crippen molar-refractivity contribution in [3.05, 3.63) is 221 Å². The molecule has 2 N–H and O–H groups in total. The number of nitrogens with zero attached hydrogens (tertiary/aromatic N) is 1. The number of rotatable bonds is 12. The van der Waals surface area contributed by atoms with Gasteiger partial charge < -0.3 is 22.8 Å². The predicted molar refractivity (Wildman–Crippen MR) is 240 cm³/mol. The molecule has 6 aromatic carbocycles. The van der Waals surface area contributed by atoms with Crippen molar-refractivity contribution in [1.29, 1.82) is 0 Å². The fourth-order valence-corrected chi connectivity index (χ4v) is 7.46. The van der Waals surface area contributed by atoms with Gasteiger partial charge in [-0.2, -0.15) is 0 Å². The van der Waals surface area contributed by atoms with Gasteiger partial charge in [-0.05, 0) is 68.2 Å².